The lowest BCUT2D eigenvalue weighted by atomic mass is 9.98. The van der Waals surface area contributed by atoms with Crippen molar-refractivity contribution >= 4 is 35.3 Å². The quantitative estimate of drug-likeness (QED) is 0.224. The van der Waals surface area contributed by atoms with Crippen LogP contribution < -0.4 is 10.2 Å². The summed E-state index contributed by atoms with van der Waals surface area (Å²) >= 11 is 0. The molecule has 0 radical (unpaired) electrons. The standard InChI is InChI=1S/C33H37N7O5/c1-33(2,3)45-32(43)40-16-13-24(20-40)44-29(35)28-25(17-26(31(41)42)38-30(28)37-23-7-5-4-6-8-23)22-9-10-27(36-19-22)39-14-11-21(18-34)12-15-39/h4-10,17,19,21,24,35H,11-16,20H2,1-3H3,(H,37,38)(H,41,42). The molecule has 3 N–H and O–H groups in total. The van der Waals surface area contributed by atoms with Gasteiger partial charge < -0.3 is 29.7 Å². The number of para-hydroxylation sites is 1. The predicted molar refractivity (Wildman–Crippen MR) is 169 cm³/mol. The summed E-state index contributed by atoms with van der Waals surface area (Å²) in [4.78, 5) is 37.5. The first-order valence-corrected chi connectivity index (χ1v) is 15.0. The molecule has 45 heavy (non-hydrogen) atoms. The molecule has 234 valence electrons. The number of aromatic nitrogens is 2. The van der Waals surface area contributed by atoms with Gasteiger partial charge in [-0.2, -0.15) is 5.26 Å². The van der Waals surface area contributed by atoms with Crippen LogP contribution in [0.3, 0.4) is 0 Å². The van der Waals surface area contributed by atoms with Crippen molar-refractivity contribution in [2.45, 2.75) is 51.7 Å². The van der Waals surface area contributed by atoms with E-state index in [1.165, 1.54) is 6.07 Å². The van der Waals surface area contributed by atoms with Crippen LogP contribution in [-0.2, 0) is 9.47 Å². The maximum absolute atomic E-state index is 12.6. The van der Waals surface area contributed by atoms with Gasteiger partial charge in [0.25, 0.3) is 0 Å². The number of carboxylic acid groups (broad SMARTS) is 1. The number of carboxylic acids is 1. The van der Waals surface area contributed by atoms with E-state index in [1.54, 1.807) is 31.9 Å². The van der Waals surface area contributed by atoms with Crippen LogP contribution >= 0.6 is 0 Å². The minimum atomic E-state index is -1.22. The summed E-state index contributed by atoms with van der Waals surface area (Å²) in [5.74, 6) is -0.490. The fraction of sp³-hybridized carbons (Fsp3) is 0.394. The summed E-state index contributed by atoms with van der Waals surface area (Å²) in [6.45, 7) is 7.52. The van der Waals surface area contributed by atoms with Gasteiger partial charge in [-0.15, -0.1) is 0 Å². The maximum Gasteiger partial charge on any atom is 0.410 e. The number of nitrogens with zero attached hydrogens (tertiary/aromatic N) is 5. The highest BCUT2D eigenvalue weighted by Gasteiger charge is 2.33. The van der Waals surface area contributed by atoms with Crippen molar-refractivity contribution in [2.24, 2.45) is 5.92 Å². The fourth-order valence-corrected chi connectivity index (χ4v) is 5.37. The van der Waals surface area contributed by atoms with E-state index in [2.05, 4.69) is 26.3 Å². The molecule has 12 heteroatoms. The molecule has 1 aromatic carbocycles. The van der Waals surface area contributed by atoms with Gasteiger partial charge in [-0.25, -0.2) is 19.6 Å². The molecule has 1 atom stereocenters. The third kappa shape index (κ3) is 7.67. The third-order valence-corrected chi connectivity index (χ3v) is 7.64. The number of hydrogen-bond donors (Lipinski definition) is 3. The number of likely N-dealkylation sites (tertiary alicyclic amines) is 1. The Morgan fingerprint density at radius 1 is 1.09 bits per heavy atom. The van der Waals surface area contributed by atoms with E-state index in [1.807, 2.05) is 42.5 Å². The van der Waals surface area contributed by atoms with Gasteiger partial charge in [0.1, 0.15) is 23.3 Å². The minimum absolute atomic E-state index is 0.0481. The molecule has 2 saturated heterocycles. The molecular formula is C33H37N7O5. The number of carbonyl (C=O) groups excluding carboxylic acids is 1. The van der Waals surface area contributed by atoms with E-state index in [0.29, 0.717) is 29.8 Å². The predicted octanol–water partition coefficient (Wildman–Crippen LogP) is 5.68. The number of nitrogens with one attached hydrogen (secondary N) is 2. The Hall–Kier alpha value is -5.18. The van der Waals surface area contributed by atoms with Crippen LogP contribution in [0.15, 0.2) is 54.7 Å². The number of hydrogen-bond acceptors (Lipinski definition) is 10. The van der Waals surface area contributed by atoms with Gasteiger partial charge in [-0.05, 0) is 63.9 Å². The van der Waals surface area contributed by atoms with E-state index in [-0.39, 0.29) is 35.4 Å². The van der Waals surface area contributed by atoms with E-state index in [0.717, 1.165) is 31.7 Å². The van der Waals surface area contributed by atoms with Gasteiger partial charge in [-0.1, -0.05) is 18.2 Å². The molecule has 1 unspecified atom stereocenters. The van der Waals surface area contributed by atoms with Crippen LogP contribution in [-0.4, -0.2) is 75.8 Å². The molecule has 0 saturated carbocycles. The van der Waals surface area contributed by atoms with Crippen LogP contribution in [0.4, 0.5) is 22.1 Å². The number of aromatic carboxylic acids is 1. The molecule has 2 aliphatic rings. The Kier molecular flexibility index (Phi) is 9.18. The van der Waals surface area contributed by atoms with Crippen molar-refractivity contribution in [3.8, 4) is 17.2 Å². The van der Waals surface area contributed by atoms with Crippen LogP contribution in [0, 0.1) is 22.7 Å². The van der Waals surface area contributed by atoms with E-state index in [9.17, 15) is 20.0 Å². The van der Waals surface area contributed by atoms with Crippen molar-refractivity contribution in [1.29, 1.82) is 10.7 Å². The van der Waals surface area contributed by atoms with E-state index >= 15 is 0 Å². The molecule has 2 aromatic heterocycles. The first kappa shape index (κ1) is 31.3. The molecule has 0 aliphatic carbocycles. The third-order valence-electron chi connectivity index (χ3n) is 7.64. The Labute approximate surface area is 262 Å². The Bertz CT molecular complexity index is 1590. The number of benzene rings is 1. The number of ether oxygens (including phenoxy) is 2. The SMILES string of the molecule is CC(C)(C)OC(=O)N1CCC(OC(=N)c2c(-c3ccc(N4CCC(C#N)CC4)nc3)cc(C(=O)O)nc2Nc2ccccc2)C1. The topological polar surface area (TPSA) is 165 Å². The summed E-state index contributed by atoms with van der Waals surface area (Å²) in [5, 5.41) is 31.5. The summed E-state index contributed by atoms with van der Waals surface area (Å²) in [6, 6.07) is 16.6. The monoisotopic (exact) mass is 611 g/mol. The van der Waals surface area contributed by atoms with Crippen LogP contribution in [0.2, 0.25) is 0 Å². The lowest BCUT2D eigenvalue weighted by Crippen LogP contribution is -2.36. The van der Waals surface area contributed by atoms with Gasteiger partial charge in [0, 0.05) is 55.0 Å². The second kappa shape index (κ2) is 13.2. The first-order valence-electron chi connectivity index (χ1n) is 15.0. The number of carbonyl (C=O) groups is 2. The van der Waals surface area contributed by atoms with Gasteiger partial charge in [0.15, 0.2) is 5.69 Å². The number of piperidine rings is 1. The zero-order valence-corrected chi connectivity index (χ0v) is 25.6. The molecule has 0 spiro atoms. The van der Waals surface area contributed by atoms with Crippen molar-refractivity contribution in [3.63, 3.8) is 0 Å². The highest BCUT2D eigenvalue weighted by atomic mass is 16.6. The molecule has 4 heterocycles. The largest absolute Gasteiger partial charge is 0.477 e. The molecule has 12 nitrogen and oxygen atoms in total. The lowest BCUT2D eigenvalue weighted by Gasteiger charge is -2.30. The molecule has 5 rings (SSSR count). The molecule has 2 fully saturated rings. The summed E-state index contributed by atoms with van der Waals surface area (Å²) in [6.07, 6.45) is 2.77. The number of pyridine rings is 2. The highest BCUT2D eigenvalue weighted by molar-refractivity contribution is 6.05. The number of amides is 1. The normalized spacial score (nSPS) is 17.0. The zero-order valence-electron chi connectivity index (χ0n) is 25.6. The molecule has 2 aliphatic heterocycles. The van der Waals surface area contributed by atoms with Crippen molar-refractivity contribution in [1.82, 2.24) is 14.9 Å². The van der Waals surface area contributed by atoms with Gasteiger partial charge in [0.2, 0.25) is 5.90 Å². The lowest BCUT2D eigenvalue weighted by molar-refractivity contribution is 0.0273. The summed E-state index contributed by atoms with van der Waals surface area (Å²) < 4.78 is 11.6. The molecular weight excluding hydrogens is 574 g/mol. The fourth-order valence-electron chi connectivity index (χ4n) is 5.37. The summed E-state index contributed by atoms with van der Waals surface area (Å²) in [7, 11) is 0. The Morgan fingerprint density at radius 2 is 1.82 bits per heavy atom. The minimum Gasteiger partial charge on any atom is -0.477 e. The Morgan fingerprint density at radius 3 is 2.44 bits per heavy atom. The smallest absolute Gasteiger partial charge is 0.410 e. The first-order chi connectivity index (χ1) is 21.5. The molecule has 3 aromatic rings. The van der Waals surface area contributed by atoms with E-state index < -0.39 is 23.8 Å². The average molecular weight is 612 g/mol. The van der Waals surface area contributed by atoms with Gasteiger partial charge >= 0.3 is 12.1 Å². The maximum atomic E-state index is 12.6. The van der Waals surface area contributed by atoms with Crippen LogP contribution in [0.1, 0.15) is 56.1 Å². The van der Waals surface area contributed by atoms with Crippen molar-refractivity contribution in [3.05, 3.63) is 66.0 Å². The van der Waals surface area contributed by atoms with Gasteiger partial charge in [0.05, 0.1) is 18.2 Å². The summed E-state index contributed by atoms with van der Waals surface area (Å²) in [5.41, 5.74) is 1.07. The van der Waals surface area contributed by atoms with Crippen molar-refractivity contribution < 1.29 is 24.2 Å². The number of rotatable bonds is 7. The van der Waals surface area contributed by atoms with Crippen LogP contribution in [0.5, 0.6) is 0 Å². The highest BCUT2D eigenvalue weighted by Crippen LogP contribution is 2.33. The average Bonchev–Trinajstić information content (AvgIpc) is 3.49. The number of nitriles is 1. The van der Waals surface area contributed by atoms with Gasteiger partial charge in [-0.3, -0.25) is 5.41 Å². The van der Waals surface area contributed by atoms with E-state index in [4.69, 9.17) is 14.9 Å². The zero-order chi connectivity index (χ0) is 32.1. The molecule has 1 amide bonds. The van der Waals surface area contributed by atoms with Crippen LogP contribution in [0.25, 0.3) is 11.1 Å². The van der Waals surface area contributed by atoms with Crippen molar-refractivity contribution in [2.75, 3.05) is 36.4 Å². The Balaban J connectivity index is 1.47. The number of anilines is 3. The molecule has 0 bridgehead atoms. The second-order valence-corrected chi connectivity index (χ2v) is 12.2. The second-order valence-electron chi connectivity index (χ2n) is 12.2.